The van der Waals surface area contributed by atoms with Crippen LogP contribution in [0.3, 0.4) is 0 Å². The van der Waals surface area contributed by atoms with Gasteiger partial charge in [-0.2, -0.15) is 0 Å². The van der Waals surface area contributed by atoms with Crippen LogP contribution < -0.4 is 20.1 Å². The van der Waals surface area contributed by atoms with Gasteiger partial charge in [0.2, 0.25) is 0 Å². The molecular formula is C27H27ClF2N2O3. The van der Waals surface area contributed by atoms with Crippen molar-refractivity contribution < 1.29 is 23.0 Å². The summed E-state index contributed by atoms with van der Waals surface area (Å²) in [6.07, 6.45) is 2.49. The number of hydrogen-bond donors (Lipinski definition) is 1. The summed E-state index contributed by atoms with van der Waals surface area (Å²) in [5.41, 5.74) is 9.26. The van der Waals surface area contributed by atoms with Gasteiger partial charge in [-0.15, -0.1) is 0 Å². The van der Waals surface area contributed by atoms with E-state index in [9.17, 15) is 13.6 Å². The molecule has 1 aliphatic heterocycles. The molecule has 3 aromatic carbocycles. The maximum Gasteiger partial charge on any atom is 0.166 e. The molecule has 35 heavy (non-hydrogen) atoms. The van der Waals surface area contributed by atoms with Crippen molar-refractivity contribution >= 4 is 23.6 Å². The number of carbonyl (C=O) groups is 1. The van der Waals surface area contributed by atoms with E-state index in [0.29, 0.717) is 17.2 Å². The number of hydrogen-bond acceptors (Lipinski definition) is 5. The fourth-order valence-electron chi connectivity index (χ4n) is 4.28. The van der Waals surface area contributed by atoms with E-state index >= 15 is 0 Å². The summed E-state index contributed by atoms with van der Waals surface area (Å²) in [4.78, 5) is 13.9. The minimum absolute atomic E-state index is 0.117. The lowest BCUT2D eigenvalue weighted by atomic mass is 9.94. The summed E-state index contributed by atoms with van der Waals surface area (Å²) >= 11 is 5.73. The van der Waals surface area contributed by atoms with Crippen LogP contribution in [0.1, 0.15) is 17.5 Å². The van der Waals surface area contributed by atoms with E-state index in [2.05, 4.69) is 0 Å². The lowest BCUT2D eigenvalue weighted by Crippen LogP contribution is -2.50. The zero-order valence-corrected chi connectivity index (χ0v) is 19.9. The molecular weight excluding hydrogens is 474 g/mol. The largest absolute Gasteiger partial charge is 0.490 e. The number of aldehydes is 1. The molecule has 0 saturated carbocycles. The quantitative estimate of drug-likeness (QED) is 0.307. The van der Waals surface area contributed by atoms with E-state index in [0.717, 1.165) is 42.5 Å². The minimum atomic E-state index is -0.523. The van der Waals surface area contributed by atoms with Crippen molar-refractivity contribution in [3.8, 4) is 11.5 Å². The van der Waals surface area contributed by atoms with E-state index in [1.54, 1.807) is 18.2 Å². The Hall–Kier alpha value is -3.16. The molecule has 0 saturated heterocycles. The number of rotatable bonds is 10. The summed E-state index contributed by atoms with van der Waals surface area (Å²) in [5, 5.41) is 0.306. The average molecular weight is 501 g/mol. The van der Waals surface area contributed by atoms with Crippen LogP contribution in [0.4, 0.5) is 14.5 Å². The Balaban J connectivity index is 1.30. The molecule has 2 N–H and O–H groups in total. The van der Waals surface area contributed by atoms with Crippen LogP contribution in [-0.2, 0) is 17.6 Å². The Morgan fingerprint density at radius 2 is 1.80 bits per heavy atom. The zero-order chi connectivity index (χ0) is 24.8. The minimum Gasteiger partial charge on any atom is -0.490 e. The number of benzene rings is 3. The van der Waals surface area contributed by atoms with Gasteiger partial charge < -0.3 is 24.9 Å². The van der Waals surface area contributed by atoms with Crippen molar-refractivity contribution in [3.63, 3.8) is 0 Å². The number of nitrogens with zero attached hydrogens (tertiary/aromatic N) is 1. The molecule has 3 aromatic rings. The van der Waals surface area contributed by atoms with Crippen molar-refractivity contribution in [3.05, 3.63) is 88.4 Å². The fourth-order valence-corrected chi connectivity index (χ4v) is 4.44. The van der Waals surface area contributed by atoms with Crippen LogP contribution in [0, 0.1) is 17.6 Å². The van der Waals surface area contributed by atoms with Gasteiger partial charge in [0.05, 0.1) is 12.1 Å². The molecule has 4 rings (SSSR count). The molecule has 0 bridgehead atoms. The summed E-state index contributed by atoms with van der Waals surface area (Å²) < 4.78 is 38.4. The molecule has 1 aliphatic rings. The van der Waals surface area contributed by atoms with Gasteiger partial charge in [0.25, 0.3) is 0 Å². The normalized spacial score (nSPS) is 14.7. The molecule has 8 heteroatoms. The van der Waals surface area contributed by atoms with Crippen molar-refractivity contribution in [2.75, 3.05) is 24.7 Å². The molecule has 5 nitrogen and oxygen atoms in total. The first-order valence-corrected chi connectivity index (χ1v) is 11.9. The molecule has 0 spiro atoms. The van der Waals surface area contributed by atoms with Crippen LogP contribution in [0.15, 0.2) is 60.7 Å². The van der Waals surface area contributed by atoms with Gasteiger partial charge in [0, 0.05) is 17.3 Å². The maximum atomic E-state index is 13.7. The molecule has 184 valence electrons. The second-order valence-electron chi connectivity index (χ2n) is 8.48. The standard InChI is InChI=1S/C27H27ClF2N2O3/c28-21-5-10-26(24(30)16-21)35-13-12-34-23-7-3-18(4-8-23)14-20(17-33)27(31)32-11-1-2-19-15-22(29)6-9-25(19)32/h3-10,15-17,20,27H,1-2,11-14,31H2. The zero-order valence-electron chi connectivity index (χ0n) is 19.1. The van der Waals surface area contributed by atoms with E-state index in [1.165, 1.54) is 18.2 Å². The van der Waals surface area contributed by atoms with E-state index in [1.807, 2.05) is 29.2 Å². The van der Waals surface area contributed by atoms with Gasteiger partial charge in [-0.25, -0.2) is 8.78 Å². The Labute approximate surface area is 208 Å². The Kier molecular flexibility index (Phi) is 8.21. The summed E-state index contributed by atoms with van der Waals surface area (Å²) in [6.45, 7) is 1.13. The Morgan fingerprint density at radius 1 is 1.03 bits per heavy atom. The average Bonchev–Trinajstić information content (AvgIpc) is 2.86. The third kappa shape index (κ3) is 6.29. The molecule has 2 atom stereocenters. The van der Waals surface area contributed by atoms with Gasteiger partial charge >= 0.3 is 0 Å². The first-order chi connectivity index (χ1) is 16.9. The highest BCUT2D eigenvalue weighted by molar-refractivity contribution is 6.30. The highest BCUT2D eigenvalue weighted by Crippen LogP contribution is 2.30. The lowest BCUT2D eigenvalue weighted by molar-refractivity contribution is -0.111. The van der Waals surface area contributed by atoms with Gasteiger partial charge in [-0.3, -0.25) is 0 Å². The van der Waals surface area contributed by atoms with Crippen LogP contribution in [-0.4, -0.2) is 32.2 Å². The fraction of sp³-hybridized carbons (Fsp3) is 0.296. The number of halogens is 3. The topological polar surface area (TPSA) is 64.8 Å². The highest BCUT2D eigenvalue weighted by atomic mass is 35.5. The summed E-state index contributed by atoms with van der Waals surface area (Å²) in [5.74, 6) is -0.471. The molecule has 1 heterocycles. The second-order valence-corrected chi connectivity index (χ2v) is 8.92. The van der Waals surface area contributed by atoms with Crippen LogP contribution in [0.2, 0.25) is 5.02 Å². The van der Waals surface area contributed by atoms with Crippen LogP contribution in [0.5, 0.6) is 11.5 Å². The summed E-state index contributed by atoms with van der Waals surface area (Å²) in [6, 6.07) is 16.3. The molecule has 2 unspecified atom stereocenters. The van der Waals surface area contributed by atoms with Crippen molar-refractivity contribution in [2.45, 2.75) is 25.4 Å². The Morgan fingerprint density at radius 3 is 2.54 bits per heavy atom. The highest BCUT2D eigenvalue weighted by Gasteiger charge is 2.28. The Bertz CT molecular complexity index is 1160. The van der Waals surface area contributed by atoms with E-state index < -0.39 is 17.9 Å². The van der Waals surface area contributed by atoms with Crippen molar-refractivity contribution in [2.24, 2.45) is 11.7 Å². The predicted molar refractivity (Wildman–Crippen MR) is 132 cm³/mol. The second kappa shape index (κ2) is 11.5. The third-order valence-electron chi connectivity index (χ3n) is 6.07. The molecule has 0 aromatic heterocycles. The molecule has 0 amide bonds. The van der Waals surface area contributed by atoms with Crippen molar-refractivity contribution in [1.82, 2.24) is 0 Å². The number of nitrogens with two attached hydrogens (primary N) is 1. The first-order valence-electron chi connectivity index (χ1n) is 11.5. The molecule has 0 aliphatic carbocycles. The first kappa shape index (κ1) is 24.9. The van der Waals surface area contributed by atoms with E-state index in [4.69, 9.17) is 26.8 Å². The number of aryl methyl sites for hydroxylation is 1. The van der Waals surface area contributed by atoms with Gasteiger partial charge in [0.1, 0.15) is 31.1 Å². The van der Waals surface area contributed by atoms with Crippen LogP contribution in [0.25, 0.3) is 0 Å². The van der Waals surface area contributed by atoms with Gasteiger partial charge in [-0.05, 0) is 78.9 Å². The predicted octanol–water partition coefficient (Wildman–Crippen LogP) is 5.17. The van der Waals surface area contributed by atoms with E-state index in [-0.39, 0.29) is 24.8 Å². The monoisotopic (exact) mass is 500 g/mol. The van der Waals surface area contributed by atoms with Gasteiger partial charge in [-0.1, -0.05) is 23.7 Å². The van der Waals surface area contributed by atoms with Gasteiger partial charge in [0.15, 0.2) is 11.6 Å². The number of fused-ring (bicyclic) bond motifs is 1. The smallest absolute Gasteiger partial charge is 0.166 e. The lowest BCUT2D eigenvalue weighted by Gasteiger charge is -2.38. The third-order valence-corrected chi connectivity index (χ3v) is 6.30. The van der Waals surface area contributed by atoms with Crippen LogP contribution >= 0.6 is 11.6 Å². The number of ether oxygens (including phenoxy) is 2. The number of carbonyl (C=O) groups excluding carboxylic acids is 1. The molecule has 0 fully saturated rings. The summed E-state index contributed by atoms with van der Waals surface area (Å²) in [7, 11) is 0. The molecule has 0 radical (unpaired) electrons. The van der Waals surface area contributed by atoms with Crippen molar-refractivity contribution in [1.29, 1.82) is 0 Å². The SMILES string of the molecule is NC(C(C=O)Cc1ccc(OCCOc2ccc(Cl)cc2F)cc1)N1CCCc2cc(F)ccc21. The number of anilines is 1. The maximum absolute atomic E-state index is 13.7.